The number of aliphatic carboxylic acids is 1. The van der Waals surface area contributed by atoms with Crippen LogP contribution in [-0.2, 0) is 14.3 Å². The van der Waals surface area contributed by atoms with Gasteiger partial charge >= 0.3 is 5.97 Å². The predicted molar refractivity (Wildman–Crippen MR) is 77.8 cm³/mol. The number of carboxylic acids is 1. The third kappa shape index (κ3) is 4.41. The largest absolute Gasteiger partial charge is 0.481 e. The molecule has 2 fully saturated rings. The molecule has 21 heavy (non-hydrogen) atoms. The molecule has 2 rings (SSSR count). The Balaban J connectivity index is 1.68. The second kappa shape index (κ2) is 7.22. The van der Waals surface area contributed by atoms with E-state index in [1.807, 2.05) is 4.90 Å². The van der Waals surface area contributed by atoms with E-state index >= 15 is 0 Å². The summed E-state index contributed by atoms with van der Waals surface area (Å²) in [5.74, 6) is -0.626. The van der Waals surface area contributed by atoms with Gasteiger partial charge in [0.2, 0.25) is 5.91 Å². The molecular formula is C15H26N2O4. The highest BCUT2D eigenvalue weighted by atomic mass is 16.5. The van der Waals surface area contributed by atoms with E-state index in [9.17, 15) is 9.59 Å². The van der Waals surface area contributed by atoms with Crippen molar-refractivity contribution in [1.82, 2.24) is 4.90 Å². The molecule has 3 N–H and O–H groups in total. The summed E-state index contributed by atoms with van der Waals surface area (Å²) in [6, 6.07) is 0. The van der Waals surface area contributed by atoms with Crippen molar-refractivity contribution < 1.29 is 19.4 Å². The minimum absolute atomic E-state index is 0.0398. The molecular weight excluding hydrogens is 272 g/mol. The standard InChI is InChI=1S/C15H26N2O4/c16-11-15(5-1-6-15)10-13(18)17-7-2-12(3-8-17)21-9-4-14(19)20/h12H,1-11,16H2,(H,19,20). The first-order chi connectivity index (χ1) is 10.0. The molecule has 6 heteroatoms. The van der Waals surface area contributed by atoms with Gasteiger partial charge < -0.3 is 20.5 Å². The molecule has 0 aromatic carbocycles. The maximum absolute atomic E-state index is 12.3. The highest BCUT2D eigenvalue weighted by Gasteiger charge is 2.39. The molecule has 2 aliphatic rings. The van der Waals surface area contributed by atoms with Crippen LogP contribution in [0.1, 0.15) is 44.9 Å². The number of amides is 1. The molecule has 1 amide bonds. The van der Waals surface area contributed by atoms with E-state index in [4.69, 9.17) is 15.6 Å². The number of nitrogens with two attached hydrogens (primary N) is 1. The van der Waals surface area contributed by atoms with Crippen LogP contribution in [0.2, 0.25) is 0 Å². The number of carboxylic acid groups (broad SMARTS) is 1. The number of ether oxygens (including phenoxy) is 1. The van der Waals surface area contributed by atoms with Crippen molar-refractivity contribution >= 4 is 11.9 Å². The van der Waals surface area contributed by atoms with Crippen molar-refractivity contribution in [3.63, 3.8) is 0 Å². The van der Waals surface area contributed by atoms with Gasteiger partial charge in [0, 0.05) is 19.5 Å². The quantitative estimate of drug-likeness (QED) is 0.731. The van der Waals surface area contributed by atoms with Crippen molar-refractivity contribution in [3.05, 3.63) is 0 Å². The number of hydrogen-bond acceptors (Lipinski definition) is 4. The fraction of sp³-hybridized carbons (Fsp3) is 0.867. The van der Waals surface area contributed by atoms with E-state index in [-0.39, 0.29) is 30.5 Å². The van der Waals surface area contributed by atoms with Gasteiger partial charge in [-0.05, 0) is 37.6 Å². The van der Waals surface area contributed by atoms with Crippen LogP contribution in [0.25, 0.3) is 0 Å². The third-order valence-electron chi connectivity index (χ3n) is 4.84. The topological polar surface area (TPSA) is 92.9 Å². The molecule has 120 valence electrons. The first-order valence-electron chi connectivity index (χ1n) is 7.86. The molecule has 0 bridgehead atoms. The van der Waals surface area contributed by atoms with Crippen molar-refractivity contribution in [1.29, 1.82) is 0 Å². The van der Waals surface area contributed by atoms with Crippen molar-refractivity contribution in [2.75, 3.05) is 26.2 Å². The van der Waals surface area contributed by atoms with Crippen LogP contribution >= 0.6 is 0 Å². The maximum atomic E-state index is 12.3. The Kier molecular flexibility index (Phi) is 5.58. The third-order valence-corrected chi connectivity index (χ3v) is 4.84. The maximum Gasteiger partial charge on any atom is 0.305 e. The number of hydrogen-bond donors (Lipinski definition) is 2. The monoisotopic (exact) mass is 298 g/mol. The fourth-order valence-electron chi connectivity index (χ4n) is 3.15. The van der Waals surface area contributed by atoms with E-state index in [0.29, 0.717) is 26.1 Å². The minimum atomic E-state index is -0.838. The lowest BCUT2D eigenvalue weighted by atomic mass is 9.66. The average molecular weight is 298 g/mol. The second-order valence-electron chi connectivity index (χ2n) is 6.33. The van der Waals surface area contributed by atoms with Crippen LogP contribution in [0.5, 0.6) is 0 Å². The van der Waals surface area contributed by atoms with E-state index < -0.39 is 5.97 Å². The summed E-state index contributed by atoms with van der Waals surface area (Å²) < 4.78 is 5.54. The zero-order chi connectivity index (χ0) is 15.3. The Morgan fingerprint density at radius 3 is 2.43 bits per heavy atom. The highest BCUT2D eigenvalue weighted by Crippen LogP contribution is 2.43. The van der Waals surface area contributed by atoms with Crippen molar-refractivity contribution in [2.24, 2.45) is 11.1 Å². The summed E-state index contributed by atoms with van der Waals surface area (Å²) in [5, 5.41) is 8.58. The first-order valence-corrected chi connectivity index (χ1v) is 7.86. The molecule has 0 unspecified atom stereocenters. The summed E-state index contributed by atoms with van der Waals surface area (Å²) in [6.07, 6.45) is 5.62. The Labute approximate surface area is 125 Å². The number of carbonyl (C=O) groups excluding carboxylic acids is 1. The van der Waals surface area contributed by atoms with Crippen LogP contribution in [0, 0.1) is 5.41 Å². The van der Waals surface area contributed by atoms with Gasteiger partial charge in [-0.15, -0.1) is 0 Å². The van der Waals surface area contributed by atoms with Gasteiger partial charge in [-0.2, -0.15) is 0 Å². The zero-order valence-electron chi connectivity index (χ0n) is 12.6. The second-order valence-corrected chi connectivity index (χ2v) is 6.33. The van der Waals surface area contributed by atoms with Crippen LogP contribution in [-0.4, -0.2) is 54.2 Å². The molecule has 0 spiro atoms. The fourth-order valence-corrected chi connectivity index (χ4v) is 3.15. The van der Waals surface area contributed by atoms with Crippen LogP contribution < -0.4 is 5.73 Å². The minimum Gasteiger partial charge on any atom is -0.481 e. The number of rotatable bonds is 7. The lowest BCUT2D eigenvalue weighted by Gasteiger charge is -2.42. The summed E-state index contributed by atoms with van der Waals surface area (Å²) in [5.41, 5.74) is 5.87. The normalized spacial score (nSPS) is 21.9. The van der Waals surface area contributed by atoms with Crippen molar-refractivity contribution in [3.8, 4) is 0 Å². The highest BCUT2D eigenvalue weighted by molar-refractivity contribution is 5.77. The molecule has 0 radical (unpaired) electrons. The summed E-state index contributed by atoms with van der Waals surface area (Å²) in [6.45, 7) is 2.27. The predicted octanol–water partition coefficient (Wildman–Crippen LogP) is 0.988. The molecule has 1 saturated carbocycles. The summed E-state index contributed by atoms with van der Waals surface area (Å²) >= 11 is 0. The van der Waals surface area contributed by atoms with E-state index in [0.717, 1.165) is 25.7 Å². The van der Waals surface area contributed by atoms with Crippen LogP contribution in [0.3, 0.4) is 0 Å². The molecule has 0 aromatic rings. The van der Waals surface area contributed by atoms with Gasteiger partial charge in [0.15, 0.2) is 0 Å². The molecule has 6 nitrogen and oxygen atoms in total. The number of carbonyl (C=O) groups is 2. The Morgan fingerprint density at radius 1 is 1.29 bits per heavy atom. The summed E-state index contributed by atoms with van der Waals surface area (Å²) in [4.78, 5) is 24.7. The van der Waals surface area contributed by atoms with Gasteiger partial charge in [0.25, 0.3) is 0 Å². The van der Waals surface area contributed by atoms with Crippen LogP contribution in [0.15, 0.2) is 0 Å². The Hall–Kier alpha value is -1.14. The van der Waals surface area contributed by atoms with Crippen molar-refractivity contribution in [2.45, 2.75) is 51.0 Å². The average Bonchev–Trinajstić information content (AvgIpc) is 2.43. The summed E-state index contributed by atoms with van der Waals surface area (Å²) in [7, 11) is 0. The molecule has 1 aliphatic carbocycles. The first kappa shape index (κ1) is 16.2. The van der Waals surface area contributed by atoms with E-state index in [1.54, 1.807) is 0 Å². The SMILES string of the molecule is NCC1(CC(=O)N2CCC(OCCC(=O)O)CC2)CCC1. The van der Waals surface area contributed by atoms with Gasteiger partial charge in [-0.3, -0.25) is 9.59 Å². The molecule has 0 atom stereocenters. The van der Waals surface area contributed by atoms with Gasteiger partial charge in [-0.25, -0.2) is 0 Å². The zero-order valence-corrected chi connectivity index (χ0v) is 12.6. The molecule has 1 aliphatic heterocycles. The van der Waals surface area contributed by atoms with Gasteiger partial charge in [0.1, 0.15) is 0 Å². The lowest BCUT2D eigenvalue weighted by Crippen LogP contribution is -2.46. The number of likely N-dealkylation sites (tertiary alicyclic amines) is 1. The smallest absolute Gasteiger partial charge is 0.305 e. The Morgan fingerprint density at radius 2 is 1.95 bits per heavy atom. The number of nitrogens with zero attached hydrogens (tertiary/aromatic N) is 1. The molecule has 1 heterocycles. The van der Waals surface area contributed by atoms with Crippen LogP contribution in [0.4, 0.5) is 0 Å². The Bertz CT molecular complexity index is 368. The molecule has 0 aromatic heterocycles. The van der Waals surface area contributed by atoms with E-state index in [1.165, 1.54) is 6.42 Å². The molecule has 1 saturated heterocycles. The van der Waals surface area contributed by atoms with Gasteiger partial charge in [0.05, 0.1) is 19.1 Å². The lowest BCUT2D eigenvalue weighted by molar-refractivity contribution is -0.139. The van der Waals surface area contributed by atoms with E-state index in [2.05, 4.69) is 0 Å². The van der Waals surface area contributed by atoms with Gasteiger partial charge in [-0.1, -0.05) is 6.42 Å². The number of piperidine rings is 1.